The van der Waals surface area contributed by atoms with Gasteiger partial charge in [-0.2, -0.15) is 5.26 Å². The summed E-state index contributed by atoms with van der Waals surface area (Å²) in [6.45, 7) is 17.3. The summed E-state index contributed by atoms with van der Waals surface area (Å²) < 4.78 is 8.67. The number of aryl methyl sites for hydroxylation is 1. The second-order valence-electron chi connectivity index (χ2n) is 9.02. The lowest BCUT2D eigenvalue weighted by atomic mass is 9.90. The van der Waals surface area contributed by atoms with Crippen LogP contribution in [0.1, 0.15) is 69.8 Å². The van der Waals surface area contributed by atoms with Crippen molar-refractivity contribution in [3.05, 3.63) is 75.1 Å². The van der Waals surface area contributed by atoms with Crippen LogP contribution in [0.2, 0.25) is 0 Å². The summed E-state index contributed by atoms with van der Waals surface area (Å²) in [6, 6.07) is 10.8. The van der Waals surface area contributed by atoms with Crippen molar-refractivity contribution in [2.45, 2.75) is 53.9 Å². The average Bonchev–Trinajstić information content (AvgIpc) is 3.05. The number of hydrogen-bond donors (Lipinski definition) is 0. The lowest BCUT2D eigenvalue weighted by Gasteiger charge is -2.13. The highest BCUT2D eigenvalue weighted by Gasteiger charge is 2.23. The monoisotopic (exact) mass is 413 g/mol. The van der Waals surface area contributed by atoms with Crippen LogP contribution in [0.4, 0.5) is 0 Å². The molecule has 3 heteroatoms. The topological polar surface area (TPSA) is 40.8 Å². The second kappa shape index (κ2) is 8.94. The third-order valence-electron chi connectivity index (χ3n) is 5.90. The van der Waals surface area contributed by atoms with E-state index in [4.69, 9.17) is 4.42 Å². The first-order valence-electron chi connectivity index (χ1n) is 11.0. The Kier molecular flexibility index (Phi) is 6.51. The van der Waals surface area contributed by atoms with Gasteiger partial charge >= 0.3 is 0 Å². The van der Waals surface area contributed by atoms with E-state index in [1.165, 1.54) is 0 Å². The smallest absolute Gasteiger partial charge is 0.216 e. The Morgan fingerprint density at radius 3 is 2.52 bits per heavy atom. The maximum absolute atomic E-state index is 10.1. The molecule has 0 N–H and O–H groups in total. The molecule has 0 amide bonds. The first-order valence-corrected chi connectivity index (χ1v) is 11.0. The molecule has 0 atom stereocenters. The van der Waals surface area contributed by atoms with Gasteiger partial charge in [0, 0.05) is 22.7 Å². The SMILES string of the molecule is C=c1/c(=C(\C(C)=C/C)c2cccc[n+]2C)oc2c(C(C)C)cc(CC(C)C)c(C#N)c12. The number of aromatic nitrogens is 1. The number of nitrogens with zero attached hydrogens (tertiary/aromatic N) is 2. The summed E-state index contributed by atoms with van der Waals surface area (Å²) in [4.78, 5) is 0. The van der Waals surface area contributed by atoms with E-state index in [2.05, 4.69) is 70.0 Å². The standard InChI is InChI=1S/C28H33N2O/c1-9-19(6)25(24-12-10-11-13-30(24)8)27-20(7)26-23(16-29)21(14-17(2)3)15-22(18(4)5)28(26)31-27/h9-13,15,17-18H,7,14H2,1-6,8H3/q+1/b19-9-,27-25-. The minimum absolute atomic E-state index is 0.277. The fourth-order valence-corrected chi connectivity index (χ4v) is 4.20. The summed E-state index contributed by atoms with van der Waals surface area (Å²) in [5, 5.41) is 11.8. The highest BCUT2D eigenvalue weighted by atomic mass is 16.3. The van der Waals surface area contributed by atoms with Crippen LogP contribution in [-0.2, 0) is 13.5 Å². The van der Waals surface area contributed by atoms with Crippen LogP contribution in [0, 0.1) is 17.2 Å². The van der Waals surface area contributed by atoms with Gasteiger partial charge in [-0.25, -0.2) is 4.57 Å². The Bertz CT molecular complexity index is 1310. The molecule has 0 bridgehead atoms. The summed E-state index contributed by atoms with van der Waals surface area (Å²) in [7, 11) is 2.03. The predicted octanol–water partition coefficient (Wildman–Crippen LogP) is 5.03. The highest BCUT2D eigenvalue weighted by Crippen LogP contribution is 2.30. The van der Waals surface area contributed by atoms with Gasteiger partial charge in [-0.3, -0.25) is 0 Å². The molecule has 0 saturated heterocycles. The zero-order valence-corrected chi connectivity index (χ0v) is 19.8. The van der Waals surface area contributed by atoms with E-state index in [9.17, 15) is 5.26 Å². The molecule has 0 fully saturated rings. The van der Waals surface area contributed by atoms with Crippen molar-refractivity contribution < 1.29 is 8.98 Å². The Morgan fingerprint density at radius 2 is 1.97 bits per heavy atom. The summed E-state index contributed by atoms with van der Waals surface area (Å²) in [5.41, 5.74) is 7.62. The predicted molar refractivity (Wildman–Crippen MR) is 128 cm³/mol. The van der Waals surface area contributed by atoms with E-state index in [1.807, 2.05) is 32.3 Å². The molecule has 2 heterocycles. The summed E-state index contributed by atoms with van der Waals surface area (Å²) >= 11 is 0. The molecule has 160 valence electrons. The van der Waals surface area contributed by atoms with E-state index in [-0.39, 0.29) is 5.92 Å². The van der Waals surface area contributed by atoms with Crippen LogP contribution in [0.25, 0.3) is 23.1 Å². The second-order valence-corrected chi connectivity index (χ2v) is 9.02. The normalized spacial score (nSPS) is 13.2. The van der Waals surface area contributed by atoms with E-state index >= 15 is 0 Å². The molecule has 3 nitrogen and oxygen atoms in total. The highest BCUT2D eigenvalue weighted by molar-refractivity contribution is 5.90. The van der Waals surface area contributed by atoms with Gasteiger partial charge in [0.25, 0.3) is 0 Å². The van der Waals surface area contributed by atoms with Crippen molar-refractivity contribution in [2.24, 2.45) is 13.0 Å². The molecule has 3 rings (SSSR count). The Hall–Kier alpha value is -3.12. The van der Waals surface area contributed by atoms with Gasteiger partial charge < -0.3 is 4.42 Å². The zero-order valence-electron chi connectivity index (χ0n) is 19.8. The number of furan rings is 1. The molecule has 3 aromatic rings. The van der Waals surface area contributed by atoms with Crippen LogP contribution in [0.3, 0.4) is 0 Å². The van der Waals surface area contributed by atoms with Crippen molar-refractivity contribution in [3.63, 3.8) is 0 Å². The van der Waals surface area contributed by atoms with Crippen LogP contribution >= 0.6 is 0 Å². The Morgan fingerprint density at radius 1 is 1.26 bits per heavy atom. The molecule has 0 radical (unpaired) electrons. The minimum Gasteiger partial charge on any atom is -0.455 e. The average molecular weight is 414 g/mol. The first-order chi connectivity index (χ1) is 14.7. The molecule has 0 spiro atoms. The van der Waals surface area contributed by atoms with Gasteiger partial charge in [-0.15, -0.1) is 0 Å². The van der Waals surface area contributed by atoms with Gasteiger partial charge in [-0.05, 0) is 54.9 Å². The van der Waals surface area contributed by atoms with Crippen LogP contribution in [0.5, 0.6) is 0 Å². The molecule has 0 aliphatic carbocycles. The molecule has 0 unspecified atom stereocenters. The number of fused-ring (bicyclic) bond motifs is 1. The maximum Gasteiger partial charge on any atom is 0.216 e. The van der Waals surface area contributed by atoms with Crippen molar-refractivity contribution in [1.82, 2.24) is 0 Å². The van der Waals surface area contributed by atoms with Gasteiger partial charge in [0.1, 0.15) is 24.1 Å². The van der Waals surface area contributed by atoms with Gasteiger partial charge in [0.15, 0.2) is 6.20 Å². The third kappa shape index (κ3) is 4.08. The van der Waals surface area contributed by atoms with Gasteiger partial charge in [0.05, 0.1) is 11.1 Å². The quantitative estimate of drug-likeness (QED) is 0.551. The fraction of sp³-hybridized carbons (Fsp3) is 0.357. The molecule has 1 aromatic carbocycles. The zero-order chi connectivity index (χ0) is 22.9. The summed E-state index contributed by atoms with van der Waals surface area (Å²) in [5.74, 6) is 0.735. The largest absolute Gasteiger partial charge is 0.455 e. The van der Waals surface area contributed by atoms with E-state index in [0.29, 0.717) is 11.5 Å². The number of allylic oxidation sites excluding steroid dienone is 2. The molecule has 0 aliphatic heterocycles. The number of pyridine rings is 1. The van der Waals surface area contributed by atoms with E-state index < -0.39 is 0 Å². The van der Waals surface area contributed by atoms with Crippen LogP contribution in [-0.4, -0.2) is 0 Å². The Balaban J connectivity index is 2.60. The number of rotatable bonds is 5. The molecule has 31 heavy (non-hydrogen) atoms. The van der Waals surface area contributed by atoms with Crippen molar-refractivity contribution >= 4 is 23.1 Å². The lowest BCUT2D eigenvalue weighted by molar-refractivity contribution is -0.673. The van der Waals surface area contributed by atoms with Crippen LogP contribution in [0.15, 0.2) is 46.5 Å². The van der Waals surface area contributed by atoms with E-state index in [1.54, 1.807) is 0 Å². The minimum atomic E-state index is 0.277. The molecule has 0 saturated carbocycles. The summed E-state index contributed by atoms with van der Waals surface area (Å²) in [6.07, 6.45) is 4.98. The van der Waals surface area contributed by atoms with Crippen molar-refractivity contribution in [3.8, 4) is 6.07 Å². The fourth-order valence-electron chi connectivity index (χ4n) is 4.20. The van der Waals surface area contributed by atoms with E-state index in [0.717, 1.165) is 56.0 Å². The van der Waals surface area contributed by atoms with Gasteiger partial charge in [-0.1, -0.05) is 46.4 Å². The first kappa shape index (κ1) is 22.6. The van der Waals surface area contributed by atoms with Gasteiger partial charge in [0.2, 0.25) is 5.69 Å². The maximum atomic E-state index is 10.1. The molecule has 2 aromatic heterocycles. The van der Waals surface area contributed by atoms with Crippen molar-refractivity contribution in [1.29, 1.82) is 5.26 Å². The molecular weight excluding hydrogens is 380 g/mol. The lowest BCUT2D eigenvalue weighted by Crippen LogP contribution is -2.36. The van der Waals surface area contributed by atoms with Crippen molar-refractivity contribution in [2.75, 3.05) is 0 Å². The van der Waals surface area contributed by atoms with Crippen LogP contribution < -0.4 is 15.2 Å². The Labute approximate surface area is 185 Å². The number of nitriles is 1. The number of hydrogen-bond acceptors (Lipinski definition) is 2. The molecule has 0 aliphatic rings. The number of benzene rings is 1. The molecular formula is C28H33N2O+. The third-order valence-corrected chi connectivity index (χ3v) is 5.90.